The Balaban J connectivity index is 2.30. The molecule has 0 bridgehead atoms. The smallest absolute Gasteiger partial charge is 0.252 e. The highest BCUT2D eigenvalue weighted by Gasteiger charge is 2.18. The van der Waals surface area contributed by atoms with E-state index in [2.05, 4.69) is 19.2 Å². The van der Waals surface area contributed by atoms with Crippen LogP contribution >= 0.6 is 0 Å². The molecule has 1 atom stereocenters. The lowest BCUT2D eigenvalue weighted by Gasteiger charge is -2.22. The van der Waals surface area contributed by atoms with Crippen LogP contribution in [-0.4, -0.2) is 11.9 Å². The predicted octanol–water partition coefficient (Wildman–Crippen LogP) is 4.53. The van der Waals surface area contributed by atoms with Crippen LogP contribution in [0, 0.1) is 11.7 Å². The van der Waals surface area contributed by atoms with E-state index < -0.39 is 0 Å². The molecule has 2 rings (SSSR count). The van der Waals surface area contributed by atoms with Crippen molar-refractivity contribution in [2.24, 2.45) is 5.92 Å². The molecule has 0 saturated heterocycles. The van der Waals surface area contributed by atoms with Crippen molar-refractivity contribution in [3.8, 4) is 0 Å². The topological polar surface area (TPSA) is 29.1 Å². The summed E-state index contributed by atoms with van der Waals surface area (Å²) in [4.78, 5) is 12.5. The van der Waals surface area contributed by atoms with Gasteiger partial charge in [0.15, 0.2) is 0 Å². The van der Waals surface area contributed by atoms with E-state index in [1.165, 1.54) is 6.07 Å². The predicted molar refractivity (Wildman–Crippen MR) is 84.9 cm³/mol. The van der Waals surface area contributed by atoms with Crippen LogP contribution in [0.1, 0.15) is 44.0 Å². The van der Waals surface area contributed by atoms with E-state index in [4.69, 9.17) is 0 Å². The molecule has 0 heterocycles. The lowest BCUT2D eigenvalue weighted by atomic mass is 9.95. The number of amides is 1. The number of carbonyl (C=O) groups is 1. The van der Waals surface area contributed by atoms with E-state index in [0.29, 0.717) is 22.3 Å². The first-order valence-corrected chi connectivity index (χ1v) is 7.56. The summed E-state index contributed by atoms with van der Waals surface area (Å²) in [7, 11) is 0. The molecule has 0 aromatic heterocycles. The average Bonchev–Trinajstić information content (AvgIpc) is 2.49. The molecule has 21 heavy (non-hydrogen) atoms. The van der Waals surface area contributed by atoms with E-state index in [9.17, 15) is 9.18 Å². The number of carbonyl (C=O) groups excluding carboxylic acids is 1. The van der Waals surface area contributed by atoms with Crippen LogP contribution in [0.5, 0.6) is 0 Å². The van der Waals surface area contributed by atoms with Gasteiger partial charge in [-0.1, -0.05) is 51.0 Å². The summed E-state index contributed by atoms with van der Waals surface area (Å²) in [6.07, 6.45) is 2.06. The zero-order chi connectivity index (χ0) is 15.4. The first-order chi connectivity index (χ1) is 10.1. The van der Waals surface area contributed by atoms with Gasteiger partial charge in [0.25, 0.3) is 5.91 Å². The maximum atomic E-state index is 13.8. The molecule has 0 aliphatic rings. The van der Waals surface area contributed by atoms with Crippen molar-refractivity contribution < 1.29 is 9.18 Å². The Morgan fingerprint density at radius 2 is 1.71 bits per heavy atom. The lowest BCUT2D eigenvalue weighted by Crippen LogP contribution is -2.37. The van der Waals surface area contributed by atoms with Crippen molar-refractivity contribution in [2.75, 3.05) is 0 Å². The highest BCUT2D eigenvalue weighted by Crippen LogP contribution is 2.22. The normalized spacial score (nSPS) is 12.6. The Morgan fingerprint density at radius 1 is 1.10 bits per heavy atom. The third-order valence-corrected chi connectivity index (χ3v) is 4.23. The third kappa shape index (κ3) is 3.23. The molecule has 1 amide bonds. The number of fused-ring (bicyclic) bond motifs is 1. The molecule has 0 aliphatic heterocycles. The highest BCUT2D eigenvalue weighted by atomic mass is 19.1. The molecular weight excluding hydrogens is 265 g/mol. The van der Waals surface area contributed by atoms with Crippen molar-refractivity contribution >= 4 is 16.7 Å². The third-order valence-electron chi connectivity index (χ3n) is 4.23. The summed E-state index contributed by atoms with van der Waals surface area (Å²) in [5, 5.41) is 4.19. The second-order valence-corrected chi connectivity index (χ2v) is 5.48. The van der Waals surface area contributed by atoms with E-state index in [1.807, 2.05) is 13.0 Å². The number of benzene rings is 2. The van der Waals surface area contributed by atoms with Gasteiger partial charge >= 0.3 is 0 Å². The fraction of sp³-hybridized carbons (Fsp3) is 0.389. The minimum absolute atomic E-state index is 0.108. The molecule has 0 saturated carbocycles. The summed E-state index contributed by atoms with van der Waals surface area (Å²) >= 11 is 0. The largest absolute Gasteiger partial charge is 0.349 e. The Hall–Kier alpha value is -1.90. The Labute approximate surface area is 125 Å². The van der Waals surface area contributed by atoms with Gasteiger partial charge in [0, 0.05) is 17.0 Å². The van der Waals surface area contributed by atoms with Crippen LogP contribution in [0.2, 0.25) is 0 Å². The number of nitrogens with one attached hydrogen (secondary N) is 1. The van der Waals surface area contributed by atoms with Crippen LogP contribution in [0.4, 0.5) is 4.39 Å². The minimum atomic E-state index is -0.296. The van der Waals surface area contributed by atoms with Crippen molar-refractivity contribution in [1.82, 2.24) is 5.32 Å². The Morgan fingerprint density at radius 3 is 2.33 bits per heavy atom. The second-order valence-electron chi connectivity index (χ2n) is 5.48. The summed E-state index contributed by atoms with van der Waals surface area (Å²) < 4.78 is 13.8. The van der Waals surface area contributed by atoms with Crippen molar-refractivity contribution in [2.45, 2.75) is 39.7 Å². The van der Waals surface area contributed by atoms with Crippen molar-refractivity contribution in [1.29, 1.82) is 0 Å². The van der Waals surface area contributed by atoms with E-state index in [-0.39, 0.29) is 17.8 Å². The average molecular weight is 287 g/mol. The van der Waals surface area contributed by atoms with Gasteiger partial charge in [-0.2, -0.15) is 0 Å². The number of hydrogen-bond donors (Lipinski definition) is 1. The number of hydrogen-bond acceptors (Lipinski definition) is 1. The molecule has 0 spiro atoms. The van der Waals surface area contributed by atoms with Crippen molar-refractivity contribution in [3.05, 3.63) is 47.8 Å². The van der Waals surface area contributed by atoms with Crippen LogP contribution in [0.3, 0.4) is 0 Å². The van der Waals surface area contributed by atoms with Gasteiger partial charge in [0.05, 0.1) is 0 Å². The van der Waals surface area contributed by atoms with Gasteiger partial charge in [-0.05, 0) is 30.4 Å². The molecule has 2 nitrogen and oxygen atoms in total. The van der Waals surface area contributed by atoms with Crippen LogP contribution in [0.25, 0.3) is 10.8 Å². The Kier molecular flexibility index (Phi) is 4.94. The van der Waals surface area contributed by atoms with E-state index in [1.54, 1.807) is 24.3 Å². The summed E-state index contributed by atoms with van der Waals surface area (Å²) in [5.41, 5.74) is 0.532. The Bertz CT molecular complexity index is 634. The minimum Gasteiger partial charge on any atom is -0.349 e. The summed E-state index contributed by atoms with van der Waals surface area (Å²) in [6, 6.07) is 10.1. The summed E-state index contributed by atoms with van der Waals surface area (Å²) in [6.45, 7) is 6.29. The van der Waals surface area contributed by atoms with E-state index >= 15 is 0 Å². The maximum Gasteiger partial charge on any atom is 0.252 e. The molecule has 0 radical (unpaired) electrons. The molecule has 1 unspecified atom stereocenters. The first kappa shape index (κ1) is 15.5. The molecule has 0 aliphatic carbocycles. The molecule has 0 fully saturated rings. The van der Waals surface area contributed by atoms with Crippen LogP contribution in [0.15, 0.2) is 36.4 Å². The van der Waals surface area contributed by atoms with Crippen LogP contribution in [-0.2, 0) is 0 Å². The molecule has 112 valence electrons. The molecular formula is C18H22FNO. The monoisotopic (exact) mass is 287 g/mol. The van der Waals surface area contributed by atoms with Gasteiger partial charge in [-0.3, -0.25) is 4.79 Å². The standard InChI is InChI=1S/C18H22FNO/c1-4-13(5-2)12(3)20-18(21)16-10-11-17(19)15-9-7-6-8-14(15)16/h6-13H,4-5H2,1-3H3,(H,20,21). The number of halogens is 1. The SMILES string of the molecule is CCC(CC)C(C)NC(=O)c1ccc(F)c2ccccc12. The lowest BCUT2D eigenvalue weighted by molar-refractivity contribution is 0.0927. The van der Waals surface area contributed by atoms with Gasteiger partial charge in [-0.15, -0.1) is 0 Å². The zero-order valence-electron chi connectivity index (χ0n) is 12.8. The molecule has 3 heteroatoms. The second kappa shape index (κ2) is 6.70. The quantitative estimate of drug-likeness (QED) is 0.860. The molecule has 2 aromatic carbocycles. The molecule has 2 aromatic rings. The number of rotatable bonds is 5. The van der Waals surface area contributed by atoms with Gasteiger partial charge < -0.3 is 5.32 Å². The first-order valence-electron chi connectivity index (χ1n) is 7.56. The zero-order valence-corrected chi connectivity index (χ0v) is 12.8. The highest BCUT2D eigenvalue weighted by molar-refractivity contribution is 6.07. The summed E-state index contributed by atoms with van der Waals surface area (Å²) in [5.74, 6) is 0.0291. The van der Waals surface area contributed by atoms with Crippen molar-refractivity contribution in [3.63, 3.8) is 0 Å². The fourth-order valence-electron chi connectivity index (χ4n) is 2.86. The van der Waals surface area contributed by atoms with Gasteiger partial charge in [0.2, 0.25) is 0 Å². The van der Waals surface area contributed by atoms with Gasteiger partial charge in [-0.25, -0.2) is 4.39 Å². The maximum absolute atomic E-state index is 13.8. The fourth-order valence-corrected chi connectivity index (χ4v) is 2.86. The van der Waals surface area contributed by atoms with Gasteiger partial charge in [0.1, 0.15) is 5.82 Å². The molecule has 1 N–H and O–H groups in total. The van der Waals surface area contributed by atoms with Crippen LogP contribution < -0.4 is 5.32 Å². The van der Waals surface area contributed by atoms with E-state index in [0.717, 1.165) is 12.8 Å².